The van der Waals surface area contributed by atoms with Crippen molar-refractivity contribution in [1.29, 1.82) is 0 Å². The van der Waals surface area contributed by atoms with E-state index in [4.69, 9.17) is 16.3 Å². The van der Waals surface area contributed by atoms with E-state index in [1.807, 2.05) is 0 Å². The molecule has 2 rings (SSSR count). The number of hydrogen-bond donors (Lipinski definition) is 0. The van der Waals surface area contributed by atoms with Crippen molar-refractivity contribution >= 4 is 11.6 Å². The minimum atomic E-state index is 0.796. The Balaban J connectivity index is 1.67. The normalized spacial score (nSPS) is 34.1. The molecule has 0 spiro atoms. The van der Waals surface area contributed by atoms with Crippen LogP contribution in [-0.2, 0) is 4.74 Å². The third-order valence-electron chi connectivity index (χ3n) is 3.43. The molecule has 3 heteroatoms. The highest BCUT2D eigenvalue weighted by Crippen LogP contribution is 2.22. The number of ether oxygens (including phenoxy) is 1. The van der Waals surface area contributed by atoms with Crippen molar-refractivity contribution < 1.29 is 4.74 Å². The minimum Gasteiger partial charge on any atom is -0.381 e. The molecule has 0 N–H and O–H groups in total. The van der Waals surface area contributed by atoms with Gasteiger partial charge >= 0.3 is 0 Å². The van der Waals surface area contributed by atoms with E-state index in [0.29, 0.717) is 0 Å². The monoisotopic (exact) mass is 217 g/mol. The maximum absolute atomic E-state index is 5.76. The van der Waals surface area contributed by atoms with Gasteiger partial charge in [-0.1, -0.05) is 0 Å². The van der Waals surface area contributed by atoms with Crippen molar-refractivity contribution in [2.24, 2.45) is 11.8 Å². The van der Waals surface area contributed by atoms with Gasteiger partial charge in [0, 0.05) is 25.6 Å². The van der Waals surface area contributed by atoms with Gasteiger partial charge in [0.05, 0.1) is 6.61 Å². The second kappa shape index (κ2) is 5.34. The quantitative estimate of drug-likeness (QED) is 0.668. The summed E-state index contributed by atoms with van der Waals surface area (Å²) in [6, 6.07) is 0. The maximum atomic E-state index is 5.76. The molecule has 2 saturated heterocycles. The van der Waals surface area contributed by atoms with Gasteiger partial charge in [-0.25, -0.2) is 0 Å². The highest BCUT2D eigenvalue weighted by Gasteiger charge is 2.25. The number of hydrogen-bond acceptors (Lipinski definition) is 2. The van der Waals surface area contributed by atoms with Gasteiger partial charge in [-0.2, -0.15) is 0 Å². The highest BCUT2D eigenvalue weighted by atomic mass is 35.5. The number of likely N-dealkylation sites (tertiary alicyclic amines) is 1. The van der Waals surface area contributed by atoms with Crippen LogP contribution in [0.5, 0.6) is 0 Å². The van der Waals surface area contributed by atoms with Gasteiger partial charge in [-0.3, -0.25) is 0 Å². The Kier molecular flexibility index (Phi) is 4.09. The van der Waals surface area contributed by atoms with Gasteiger partial charge in [-0.05, 0) is 37.6 Å². The summed E-state index contributed by atoms with van der Waals surface area (Å²) in [6.45, 7) is 5.75. The first-order valence-corrected chi connectivity index (χ1v) is 6.28. The molecule has 2 atom stereocenters. The van der Waals surface area contributed by atoms with Crippen LogP contribution in [0.25, 0.3) is 0 Å². The lowest BCUT2D eigenvalue weighted by atomic mass is 10.1. The lowest BCUT2D eigenvalue weighted by Crippen LogP contribution is -2.27. The molecule has 14 heavy (non-hydrogen) atoms. The smallest absolute Gasteiger partial charge is 0.0507 e. The van der Waals surface area contributed by atoms with E-state index in [9.17, 15) is 0 Å². The summed E-state index contributed by atoms with van der Waals surface area (Å²) >= 11 is 5.76. The standard InChI is InChI=1S/C11H20ClNO/c12-4-1-10-2-5-13(7-10)8-11-3-6-14-9-11/h10-11H,1-9H2. The van der Waals surface area contributed by atoms with E-state index in [-0.39, 0.29) is 0 Å². The Bertz CT molecular complexity index is 171. The van der Waals surface area contributed by atoms with E-state index in [1.54, 1.807) is 0 Å². The molecule has 0 aromatic carbocycles. The van der Waals surface area contributed by atoms with Gasteiger partial charge in [0.25, 0.3) is 0 Å². The molecule has 0 saturated carbocycles. The minimum absolute atomic E-state index is 0.796. The molecule has 0 aromatic heterocycles. The molecule has 0 radical (unpaired) electrons. The summed E-state index contributed by atoms with van der Waals surface area (Å²) in [7, 11) is 0. The zero-order valence-corrected chi connectivity index (χ0v) is 9.51. The van der Waals surface area contributed by atoms with Gasteiger partial charge in [0.15, 0.2) is 0 Å². The van der Waals surface area contributed by atoms with Crippen LogP contribution in [0.3, 0.4) is 0 Å². The number of rotatable bonds is 4. The van der Waals surface area contributed by atoms with Gasteiger partial charge in [0.2, 0.25) is 0 Å². The Morgan fingerprint density at radius 1 is 1.29 bits per heavy atom. The zero-order chi connectivity index (χ0) is 9.80. The summed E-state index contributed by atoms with van der Waals surface area (Å²) in [4.78, 5) is 2.59. The van der Waals surface area contributed by atoms with Crippen molar-refractivity contribution in [2.75, 3.05) is 38.7 Å². The lowest BCUT2D eigenvalue weighted by molar-refractivity contribution is 0.173. The van der Waals surface area contributed by atoms with Crippen LogP contribution in [0.15, 0.2) is 0 Å². The van der Waals surface area contributed by atoms with Crippen LogP contribution in [0, 0.1) is 11.8 Å². The average Bonchev–Trinajstić information content (AvgIpc) is 2.79. The lowest BCUT2D eigenvalue weighted by Gasteiger charge is -2.19. The third-order valence-corrected chi connectivity index (χ3v) is 3.65. The van der Waals surface area contributed by atoms with Crippen molar-refractivity contribution in [2.45, 2.75) is 19.3 Å². The predicted molar refractivity (Wildman–Crippen MR) is 58.8 cm³/mol. The number of nitrogens with zero attached hydrogens (tertiary/aromatic N) is 1. The molecule has 2 fully saturated rings. The van der Waals surface area contributed by atoms with E-state index >= 15 is 0 Å². The SMILES string of the molecule is ClCCC1CCN(CC2CCOC2)C1. The van der Waals surface area contributed by atoms with Crippen molar-refractivity contribution in [3.63, 3.8) is 0 Å². The topological polar surface area (TPSA) is 12.5 Å². The van der Waals surface area contributed by atoms with Gasteiger partial charge in [0.1, 0.15) is 0 Å². The molecule has 0 aliphatic carbocycles. The molecular weight excluding hydrogens is 198 g/mol. The second-order valence-corrected chi connectivity index (χ2v) is 5.00. The molecule has 2 aliphatic rings. The summed E-state index contributed by atoms with van der Waals surface area (Å²) in [5, 5.41) is 0. The molecular formula is C11H20ClNO. The first kappa shape index (κ1) is 10.7. The van der Waals surface area contributed by atoms with E-state index in [1.165, 1.54) is 38.9 Å². The van der Waals surface area contributed by atoms with Gasteiger partial charge in [-0.15, -0.1) is 11.6 Å². The first-order chi connectivity index (χ1) is 6.88. The number of halogens is 1. The average molecular weight is 218 g/mol. The molecule has 2 unspecified atom stereocenters. The van der Waals surface area contributed by atoms with Crippen LogP contribution in [0.2, 0.25) is 0 Å². The summed E-state index contributed by atoms with van der Waals surface area (Å²) in [5.74, 6) is 2.48. The Labute approximate surface area is 91.6 Å². The van der Waals surface area contributed by atoms with Crippen LogP contribution >= 0.6 is 11.6 Å². The zero-order valence-electron chi connectivity index (χ0n) is 8.75. The molecule has 2 aliphatic heterocycles. The summed E-state index contributed by atoms with van der Waals surface area (Å²) < 4.78 is 5.39. The van der Waals surface area contributed by atoms with Crippen LogP contribution in [-0.4, -0.2) is 43.6 Å². The Hall–Kier alpha value is 0.210. The van der Waals surface area contributed by atoms with Gasteiger partial charge < -0.3 is 9.64 Å². The number of alkyl halides is 1. The Morgan fingerprint density at radius 2 is 2.21 bits per heavy atom. The van der Waals surface area contributed by atoms with Crippen molar-refractivity contribution in [3.05, 3.63) is 0 Å². The van der Waals surface area contributed by atoms with Crippen LogP contribution in [0.4, 0.5) is 0 Å². The fraction of sp³-hybridized carbons (Fsp3) is 1.00. The fourth-order valence-electron chi connectivity index (χ4n) is 2.56. The second-order valence-electron chi connectivity index (χ2n) is 4.62. The maximum Gasteiger partial charge on any atom is 0.0507 e. The predicted octanol–water partition coefficient (Wildman–Crippen LogP) is 1.97. The van der Waals surface area contributed by atoms with E-state index < -0.39 is 0 Å². The highest BCUT2D eigenvalue weighted by molar-refractivity contribution is 6.17. The third kappa shape index (κ3) is 2.85. The molecule has 0 bridgehead atoms. The molecule has 82 valence electrons. The Morgan fingerprint density at radius 3 is 2.93 bits per heavy atom. The van der Waals surface area contributed by atoms with E-state index in [0.717, 1.165) is 30.9 Å². The molecule has 0 amide bonds. The van der Waals surface area contributed by atoms with Crippen LogP contribution in [0.1, 0.15) is 19.3 Å². The van der Waals surface area contributed by atoms with Crippen molar-refractivity contribution in [3.8, 4) is 0 Å². The van der Waals surface area contributed by atoms with Crippen molar-refractivity contribution in [1.82, 2.24) is 4.90 Å². The molecule has 0 aromatic rings. The molecule has 2 nitrogen and oxygen atoms in total. The molecule has 2 heterocycles. The first-order valence-electron chi connectivity index (χ1n) is 5.74. The van der Waals surface area contributed by atoms with E-state index in [2.05, 4.69) is 4.90 Å². The summed E-state index contributed by atoms with van der Waals surface area (Å²) in [5.41, 5.74) is 0. The largest absolute Gasteiger partial charge is 0.381 e. The fourth-order valence-corrected chi connectivity index (χ4v) is 2.87. The summed E-state index contributed by atoms with van der Waals surface area (Å²) in [6.07, 6.45) is 3.80. The van der Waals surface area contributed by atoms with Crippen LogP contribution < -0.4 is 0 Å².